The van der Waals surface area contributed by atoms with Gasteiger partial charge in [-0.2, -0.15) is 5.26 Å². The molecule has 1 saturated carbocycles. The number of nitriles is 1. The van der Waals surface area contributed by atoms with E-state index >= 15 is 0 Å². The summed E-state index contributed by atoms with van der Waals surface area (Å²) < 4.78 is 5.09. The van der Waals surface area contributed by atoms with Crippen LogP contribution in [-0.4, -0.2) is 12.7 Å². The first-order valence-electron chi connectivity index (χ1n) is 3.29. The van der Waals surface area contributed by atoms with E-state index in [0.717, 1.165) is 25.7 Å². The number of rotatable bonds is 1. The van der Waals surface area contributed by atoms with Gasteiger partial charge in [-0.1, -0.05) is 0 Å². The lowest BCUT2D eigenvalue weighted by Gasteiger charge is -2.16. The molecule has 0 saturated heterocycles. The first-order valence-corrected chi connectivity index (χ1v) is 3.29. The molecule has 0 aromatic rings. The Bertz CT molecular complexity index is 130. The number of ether oxygens (including phenoxy) is 1. The van der Waals surface area contributed by atoms with Crippen LogP contribution in [-0.2, 0) is 4.74 Å². The Kier molecular flexibility index (Phi) is 1.73. The molecule has 2 heteroatoms. The molecule has 0 aliphatic heterocycles. The molecule has 0 aromatic carbocycles. The van der Waals surface area contributed by atoms with Crippen LogP contribution in [0.1, 0.15) is 25.7 Å². The average molecular weight is 125 g/mol. The third-order valence-corrected chi connectivity index (χ3v) is 2.01. The molecule has 50 valence electrons. The van der Waals surface area contributed by atoms with Gasteiger partial charge in [-0.3, -0.25) is 0 Å². The molecule has 0 spiro atoms. The van der Waals surface area contributed by atoms with Crippen LogP contribution in [0.3, 0.4) is 0 Å². The third-order valence-electron chi connectivity index (χ3n) is 2.01. The summed E-state index contributed by atoms with van der Waals surface area (Å²) in [7, 11) is 1.62. The molecule has 2 nitrogen and oxygen atoms in total. The predicted octanol–water partition coefficient (Wildman–Crippen LogP) is 1.47. The lowest BCUT2D eigenvalue weighted by molar-refractivity contribution is 0.0456. The third kappa shape index (κ3) is 1.06. The zero-order valence-electron chi connectivity index (χ0n) is 5.68. The van der Waals surface area contributed by atoms with Gasteiger partial charge in [0.05, 0.1) is 6.07 Å². The molecule has 0 N–H and O–H groups in total. The SMILES string of the molecule is COC1(C#N)CCCC1. The molecule has 0 aromatic heterocycles. The van der Waals surface area contributed by atoms with Crippen LogP contribution in [0.15, 0.2) is 0 Å². The van der Waals surface area contributed by atoms with Crippen molar-refractivity contribution in [3.63, 3.8) is 0 Å². The van der Waals surface area contributed by atoms with Gasteiger partial charge < -0.3 is 4.74 Å². The largest absolute Gasteiger partial charge is 0.363 e. The Morgan fingerprint density at radius 3 is 2.22 bits per heavy atom. The topological polar surface area (TPSA) is 33.0 Å². The first-order chi connectivity index (χ1) is 4.33. The van der Waals surface area contributed by atoms with Crippen molar-refractivity contribution in [3.8, 4) is 6.07 Å². The molecule has 1 aliphatic carbocycles. The maximum atomic E-state index is 8.64. The minimum absolute atomic E-state index is 0.417. The molecule has 9 heavy (non-hydrogen) atoms. The van der Waals surface area contributed by atoms with E-state index in [4.69, 9.17) is 10.00 Å². The van der Waals surface area contributed by atoms with Crippen LogP contribution in [0, 0.1) is 11.3 Å². The fraction of sp³-hybridized carbons (Fsp3) is 0.857. The molecule has 0 amide bonds. The van der Waals surface area contributed by atoms with Gasteiger partial charge in [-0.05, 0) is 25.7 Å². The molecule has 1 fully saturated rings. The van der Waals surface area contributed by atoms with Crippen LogP contribution < -0.4 is 0 Å². The molecule has 1 rings (SSSR count). The lowest BCUT2D eigenvalue weighted by atomic mass is 10.1. The Hall–Kier alpha value is -0.550. The fourth-order valence-electron chi connectivity index (χ4n) is 1.31. The second-order valence-electron chi connectivity index (χ2n) is 2.52. The first kappa shape index (κ1) is 6.57. The quantitative estimate of drug-likeness (QED) is 0.531. The smallest absolute Gasteiger partial charge is 0.153 e. The summed E-state index contributed by atoms with van der Waals surface area (Å²) in [6, 6.07) is 2.20. The van der Waals surface area contributed by atoms with E-state index in [2.05, 4.69) is 6.07 Å². The Morgan fingerprint density at radius 1 is 1.44 bits per heavy atom. The van der Waals surface area contributed by atoms with Crippen LogP contribution in [0.2, 0.25) is 0 Å². The highest BCUT2D eigenvalue weighted by Crippen LogP contribution is 2.31. The van der Waals surface area contributed by atoms with E-state index < -0.39 is 5.60 Å². The standard InChI is InChI=1S/C7H11NO/c1-9-7(6-8)4-2-3-5-7/h2-5H2,1H3. The average Bonchev–Trinajstić information content (AvgIpc) is 2.36. The van der Waals surface area contributed by atoms with E-state index in [9.17, 15) is 0 Å². The van der Waals surface area contributed by atoms with Gasteiger partial charge in [0.15, 0.2) is 5.60 Å². The van der Waals surface area contributed by atoms with Crippen molar-refractivity contribution in [2.45, 2.75) is 31.3 Å². The van der Waals surface area contributed by atoms with E-state index in [1.807, 2.05) is 0 Å². The van der Waals surface area contributed by atoms with Crippen molar-refractivity contribution in [3.05, 3.63) is 0 Å². The van der Waals surface area contributed by atoms with E-state index in [0.29, 0.717) is 0 Å². The van der Waals surface area contributed by atoms with E-state index in [-0.39, 0.29) is 0 Å². The highest BCUT2D eigenvalue weighted by molar-refractivity contribution is 5.04. The summed E-state index contributed by atoms with van der Waals surface area (Å²) in [5.74, 6) is 0. The monoisotopic (exact) mass is 125 g/mol. The number of nitrogens with zero attached hydrogens (tertiary/aromatic N) is 1. The summed E-state index contributed by atoms with van der Waals surface area (Å²) >= 11 is 0. The highest BCUT2D eigenvalue weighted by Gasteiger charge is 2.33. The van der Waals surface area contributed by atoms with E-state index in [1.54, 1.807) is 7.11 Å². The number of hydrogen-bond acceptors (Lipinski definition) is 2. The summed E-state index contributed by atoms with van der Waals surface area (Å²) in [5.41, 5.74) is -0.417. The minimum Gasteiger partial charge on any atom is -0.363 e. The second-order valence-corrected chi connectivity index (χ2v) is 2.52. The van der Waals surface area contributed by atoms with Gasteiger partial charge in [0.25, 0.3) is 0 Å². The van der Waals surface area contributed by atoms with Gasteiger partial charge in [0.1, 0.15) is 0 Å². The van der Waals surface area contributed by atoms with Gasteiger partial charge in [0.2, 0.25) is 0 Å². The summed E-state index contributed by atoms with van der Waals surface area (Å²) in [4.78, 5) is 0. The maximum absolute atomic E-state index is 8.64. The van der Waals surface area contributed by atoms with Crippen molar-refractivity contribution in [2.75, 3.05) is 7.11 Å². The molecule has 0 unspecified atom stereocenters. The predicted molar refractivity (Wildman–Crippen MR) is 33.8 cm³/mol. The lowest BCUT2D eigenvalue weighted by Crippen LogP contribution is -2.24. The Morgan fingerprint density at radius 2 is 2.00 bits per heavy atom. The summed E-state index contributed by atoms with van der Waals surface area (Å²) in [6.45, 7) is 0. The van der Waals surface area contributed by atoms with Crippen LogP contribution in [0.5, 0.6) is 0 Å². The number of hydrogen-bond donors (Lipinski definition) is 0. The fourth-order valence-corrected chi connectivity index (χ4v) is 1.31. The van der Waals surface area contributed by atoms with Crippen molar-refractivity contribution in [1.29, 1.82) is 5.26 Å². The molecule has 0 heterocycles. The number of methoxy groups -OCH3 is 1. The Balaban J connectivity index is 2.59. The van der Waals surface area contributed by atoms with Gasteiger partial charge in [-0.15, -0.1) is 0 Å². The summed E-state index contributed by atoms with van der Waals surface area (Å²) in [6.07, 6.45) is 4.11. The van der Waals surface area contributed by atoms with Gasteiger partial charge in [0, 0.05) is 7.11 Å². The Labute approximate surface area is 55.4 Å². The van der Waals surface area contributed by atoms with Gasteiger partial charge in [-0.25, -0.2) is 0 Å². The van der Waals surface area contributed by atoms with Crippen molar-refractivity contribution in [2.24, 2.45) is 0 Å². The molecule has 1 aliphatic rings. The van der Waals surface area contributed by atoms with Crippen LogP contribution >= 0.6 is 0 Å². The molecular formula is C7H11NO. The summed E-state index contributed by atoms with van der Waals surface area (Å²) in [5, 5.41) is 8.64. The van der Waals surface area contributed by atoms with Crippen LogP contribution in [0.25, 0.3) is 0 Å². The van der Waals surface area contributed by atoms with Crippen LogP contribution in [0.4, 0.5) is 0 Å². The zero-order chi connectivity index (χ0) is 6.74. The van der Waals surface area contributed by atoms with Gasteiger partial charge >= 0.3 is 0 Å². The van der Waals surface area contributed by atoms with E-state index in [1.165, 1.54) is 0 Å². The highest BCUT2D eigenvalue weighted by atomic mass is 16.5. The maximum Gasteiger partial charge on any atom is 0.153 e. The molecule has 0 atom stereocenters. The molecular weight excluding hydrogens is 114 g/mol. The molecule has 0 bridgehead atoms. The van der Waals surface area contributed by atoms with Crippen molar-refractivity contribution >= 4 is 0 Å². The van der Waals surface area contributed by atoms with Crippen molar-refractivity contribution < 1.29 is 4.74 Å². The van der Waals surface area contributed by atoms with Crippen molar-refractivity contribution in [1.82, 2.24) is 0 Å². The minimum atomic E-state index is -0.417. The second kappa shape index (κ2) is 2.36. The zero-order valence-corrected chi connectivity index (χ0v) is 5.68. The molecule has 0 radical (unpaired) electrons. The normalized spacial score (nSPS) is 23.6.